The number of hydrogen-bond acceptors (Lipinski definition) is 3. The van der Waals surface area contributed by atoms with Gasteiger partial charge in [0.2, 0.25) is 0 Å². The molecular formula is C16H25N3O. The Hall–Kier alpha value is -1.39. The molecule has 0 amide bonds. The van der Waals surface area contributed by atoms with E-state index in [1.807, 2.05) is 25.7 Å². The van der Waals surface area contributed by atoms with Crippen LogP contribution in [0.5, 0.6) is 0 Å². The van der Waals surface area contributed by atoms with Gasteiger partial charge in [-0.2, -0.15) is 5.10 Å². The zero-order valence-corrected chi connectivity index (χ0v) is 12.9. The third-order valence-electron chi connectivity index (χ3n) is 3.85. The first-order chi connectivity index (χ1) is 9.71. The minimum Gasteiger partial charge on any atom is -0.377 e. The molecule has 1 aromatic heterocycles. The number of nitrogens with one attached hydrogen (secondary N) is 1. The van der Waals surface area contributed by atoms with E-state index in [0.717, 1.165) is 25.1 Å². The Kier molecular flexibility index (Phi) is 5.15. The van der Waals surface area contributed by atoms with Gasteiger partial charge in [0.1, 0.15) is 0 Å². The van der Waals surface area contributed by atoms with E-state index in [1.54, 1.807) is 0 Å². The standard InChI is InChI=1S/C16H25N3O/c1-5-16(20-6-2)14(17-3)11-13-12-9-7-8-10-15(12)19(4)18-13/h7-10,14,16-17H,5-6,11H2,1-4H3. The fourth-order valence-corrected chi connectivity index (χ4v) is 2.80. The van der Waals surface area contributed by atoms with Crippen molar-refractivity contribution in [1.82, 2.24) is 15.1 Å². The van der Waals surface area contributed by atoms with Crippen molar-refractivity contribution >= 4 is 10.9 Å². The van der Waals surface area contributed by atoms with Gasteiger partial charge >= 0.3 is 0 Å². The van der Waals surface area contributed by atoms with Crippen molar-refractivity contribution in [3.8, 4) is 0 Å². The number of rotatable bonds is 7. The number of nitrogens with zero attached hydrogens (tertiary/aromatic N) is 2. The molecule has 1 heterocycles. The van der Waals surface area contributed by atoms with E-state index < -0.39 is 0 Å². The number of benzene rings is 1. The van der Waals surface area contributed by atoms with Gasteiger partial charge in [0.25, 0.3) is 0 Å². The van der Waals surface area contributed by atoms with Crippen LogP contribution in [-0.4, -0.2) is 35.6 Å². The van der Waals surface area contributed by atoms with Crippen LogP contribution >= 0.6 is 0 Å². The van der Waals surface area contributed by atoms with Gasteiger partial charge in [-0.05, 0) is 26.5 Å². The zero-order chi connectivity index (χ0) is 14.5. The lowest BCUT2D eigenvalue weighted by atomic mass is 10.0. The van der Waals surface area contributed by atoms with Crippen molar-refractivity contribution < 1.29 is 4.74 Å². The predicted molar refractivity (Wildman–Crippen MR) is 83.0 cm³/mol. The Balaban J connectivity index is 2.25. The molecular weight excluding hydrogens is 250 g/mol. The van der Waals surface area contributed by atoms with E-state index in [2.05, 4.69) is 41.6 Å². The number of hydrogen-bond donors (Lipinski definition) is 1. The number of aromatic nitrogens is 2. The molecule has 0 aliphatic carbocycles. The van der Waals surface area contributed by atoms with Crippen molar-refractivity contribution in [1.29, 1.82) is 0 Å². The molecule has 0 radical (unpaired) electrons. The van der Waals surface area contributed by atoms with Crippen molar-refractivity contribution in [2.45, 2.75) is 38.8 Å². The zero-order valence-electron chi connectivity index (χ0n) is 12.9. The van der Waals surface area contributed by atoms with Crippen molar-refractivity contribution in [2.24, 2.45) is 7.05 Å². The summed E-state index contributed by atoms with van der Waals surface area (Å²) in [6.45, 7) is 4.96. The maximum absolute atomic E-state index is 5.84. The SMILES string of the molecule is CCOC(CC)C(Cc1nn(C)c2ccccc12)NC. The summed E-state index contributed by atoms with van der Waals surface area (Å²) in [5.41, 5.74) is 2.32. The number of fused-ring (bicyclic) bond motifs is 1. The van der Waals surface area contributed by atoms with Crippen LogP contribution in [0.1, 0.15) is 26.0 Å². The third kappa shape index (κ3) is 3.02. The first kappa shape index (κ1) is 15.0. The summed E-state index contributed by atoms with van der Waals surface area (Å²) in [5.74, 6) is 0. The Morgan fingerprint density at radius 2 is 2.05 bits per heavy atom. The topological polar surface area (TPSA) is 39.1 Å². The Labute approximate surface area is 121 Å². The molecule has 2 rings (SSSR count). The van der Waals surface area contributed by atoms with E-state index in [0.29, 0.717) is 6.04 Å². The second kappa shape index (κ2) is 6.86. The summed E-state index contributed by atoms with van der Waals surface area (Å²) in [6.07, 6.45) is 2.12. The van der Waals surface area contributed by atoms with E-state index in [1.165, 1.54) is 10.9 Å². The largest absolute Gasteiger partial charge is 0.377 e. The number of likely N-dealkylation sites (N-methyl/N-ethyl adjacent to an activating group) is 1. The maximum Gasteiger partial charge on any atom is 0.0729 e. The Bertz CT molecular complexity index is 550. The summed E-state index contributed by atoms with van der Waals surface area (Å²) in [5, 5.41) is 9.30. The molecule has 0 bridgehead atoms. The van der Waals surface area contributed by atoms with Crippen LogP contribution in [0.3, 0.4) is 0 Å². The van der Waals surface area contributed by atoms with Gasteiger partial charge in [-0.15, -0.1) is 0 Å². The molecule has 1 aromatic carbocycles. The van der Waals surface area contributed by atoms with Gasteiger partial charge in [0.15, 0.2) is 0 Å². The quantitative estimate of drug-likeness (QED) is 0.844. The summed E-state index contributed by atoms with van der Waals surface area (Å²) < 4.78 is 7.80. The Morgan fingerprint density at radius 3 is 2.70 bits per heavy atom. The van der Waals surface area contributed by atoms with Gasteiger partial charge in [0.05, 0.1) is 17.3 Å². The fraction of sp³-hybridized carbons (Fsp3) is 0.562. The van der Waals surface area contributed by atoms with Crippen LogP contribution in [0.2, 0.25) is 0 Å². The Morgan fingerprint density at radius 1 is 1.30 bits per heavy atom. The minimum absolute atomic E-state index is 0.228. The number of para-hydroxylation sites is 1. The fourth-order valence-electron chi connectivity index (χ4n) is 2.80. The molecule has 4 heteroatoms. The normalized spacial score (nSPS) is 14.6. The van der Waals surface area contributed by atoms with Gasteiger partial charge in [-0.1, -0.05) is 25.1 Å². The highest BCUT2D eigenvalue weighted by Crippen LogP contribution is 2.20. The smallest absolute Gasteiger partial charge is 0.0729 e. The number of ether oxygens (including phenoxy) is 1. The van der Waals surface area contributed by atoms with Crippen LogP contribution in [0.4, 0.5) is 0 Å². The molecule has 0 spiro atoms. The van der Waals surface area contributed by atoms with Crippen LogP contribution in [0.15, 0.2) is 24.3 Å². The highest BCUT2D eigenvalue weighted by Gasteiger charge is 2.21. The molecule has 0 aliphatic rings. The van der Waals surface area contributed by atoms with E-state index in [9.17, 15) is 0 Å². The molecule has 0 fully saturated rings. The number of aryl methyl sites for hydroxylation is 1. The lowest BCUT2D eigenvalue weighted by molar-refractivity contribution is 0.0337. The molecule has 0 saturated carbocycles. The maximum atomic E-state index is 5.84. The summed E-state index contributed by atoms with van der Waals surface area (Å²) in [4.78, 5) is 0. The molecule has 1 N–H and O–H groups in total. The van der Waals surface area contributed by atoms with Crippen LogP contribution in [0.25, 0.3) is 10.9 Å². The first-order valence-corrected chi connectivity index (χ1v) is 7.40. The second-order valence-corrected chi connectivity index (χ2v) is 5.09. The highest BCUT2D eigenvalue weighted by atomic mass is 16.5. The second-order valence-electron chi connectivity index (χ2n) is 5.09. The minimum atomic E-state index is 0.228. The van der Waals surface area contributed by atoms with Crippen molar-refractivity contribution in [3.63, 3.8) is 0 Å². The van der Waals surface area contributed by atoms with Gasteiger partial charge in [-0.3, -0.25) is 4.68 Å². The molecule has 2 unspecified atom stereocenters. The molecule has 110 valence electrons. The summed E-state index contributed by atoms with van der Waals surface area (Å²) in [7, 11) is 4.00. The molecule has 2 atom stereocenters. The van der Waals surface area contributed by atoms with Gasteiger partial charge < -0.3 is 10.1 Å². The summed E-state index contributed by atoms with van der Waals surface area (Å²) >= 11 is 0. The van der Waals surface area contributed by atoms with E-state index in [4.69, 9.17) is 4.74 Å². The average molecular weight is 275 g/mol. The van der Waals surface area contributed by atoms with E-state index in [-0.39, 0.29) is 6.10 Å². The van der Waals surface area contributed by atoms with Crippen LogP contribution < -0.4 is 5.32 Å². The highest BCUT2D eigenvalue weighted by molar-refractivity contribution is 5.81. The lowest BCUT2D eigenvalue weighted by Gasteiger charge is -2.25. The van der Waals surface area contributed by atoms with Crippen LogP contribution in [-0.2, 0) is 18.2 Å². The monoisotopic (exact) mass is 275 g/mol. The summed E-state index contributed by atoms with van der Waals surface area (Å²) in [6, 6.07) is 8.67. The molecule has 20 heavy (non-hydrogen) atoms. The van der Waals surface area contributed by atoms with Crippen molar-refractivity contribution in [2.75, 3.05) is 13.7 Å². The third-order valence-corrected chi connectivity index (χ3v) is 3.85. The predicted octanol–water partition coefficient (Wildman–Crippen LogP) is 2.52. The average Bonchev–Trinajstić information content (AvgIpc) is 2.79. The van der Waals surface area contributed by atoms with Crippen LogP contribution in [0, 0.1) is 0 Å². The molecule has 2 aromatic rings. The molecule has 0 saturated heterocycles. The molecule has 4 nitrogen and oxygen atoms in total. The van der Waals surface area contributed by atoms with Gasteiger partial charge in [0, 0.05) is 31.5 Å². The van der Waals surface area contributed by atoms with Crippen molar-refractivity contribution in [3.05, 3.63) is 30.0 Å². The lowest BCUT2D eigenvalue weighted by Crippen LogP contribution is -2.41. The van der Waals surface area contributed by atoms with Gasteiger partial charge in [-0.25, -0.2) is 0 Å². The van der Waals surface area contributed by atoms with E-state index >= 15 is 0 Å². The molecule has 0 aliphatic heterocycles. The first-order valence-electron chi connectivity index (χ1n) is 7.40.